The van der Waals surface area contributed by atoms with E-state index >= 15 is 0 Å². The summed E-state index contributed by atoms with van der Waals surface area (Å²) in [7, 11) is 1.44. The average Bonchev–Trinajstić information content (AvgIpc) is 2.12. The highest BCUT2D eigenvalue weighted by Gasteiger charge is 2.28. The molecule has 2 amide bonds. The molecule has 14 heavy (non-hydrogen) atoms. The molecule has 2 N–H and O–H groups in total. The number of carbonyl (C=O) groups excluding carboxylic acids is 2. The molecular weight excluding hydrogens is 194 g/mol. The van der Waals surface area contributed by atoms with E-state index in [4.69, 9.17) is 0 Å². The third-order valence-corrected chi connectivity index (χ3v) is 1.74. The molecule has 0 atom stereocenters. The Labute approximate surface area is 81.0 Å². The van der Waals surface area contributed by atoms with Crippen molar-refractivity contribution in [3.63, 3.8) is 0 Å². The molecule has 0 bridgehead atoms. The first-order valence-electron chi connectivity index (χ1n) is 4.09. The quantitative estimate of drug-likeness (QED) is 0.690. The van der Waals surface area contributed by atoms with Crippen LogP contribution in [-0.4, -0.2) is 31.8 Å². The summed E-state index contributed by atoms with van der Waals surface area (Å²) < 4.78 is 23.5. The van der Waals surface area contributed by atoms with Gasteiger partial charge in [-0.15, -0.1) is 0 Å². The van der Waals surface area contributed by atoms with Crippen LogP contribution in [0.5, 0.6) is 0 Å². The molecule has 0 rings (SSSR count). The molecule has 4 nitrogen and oxygen atoms in total. The third-order valence-electron chi connectivity index (χ3n) is 1.74. The second-order valence-corrected chi connectivity index (χ2v) is 3.48. The van der Waals surface area contributed by atoms with E-state index in [9.17, 15) is 18.4 Å². The van der Waals surface area contributed by atoms with Crippen LogP contribution < -0.4 is 10.6 Å². The maximum absolute atomic E-state index is 11.8. The summed E-state index contributed by atoms with van der Waals surface area (Å²) in [4.78, 5) is 21.7. The zero-order chi connectivity index (χ0) is 11.4. The molecule has 82 valence electrons. The smallest absolute Gasteiger partial charge is 0.315 e. The molecule has 0 aliphatic carbocycles. The van der Waals surface area contributed by atoms with Crippen LogP contribution in [-0.2, 0) is 9.59 Å². The number of hydrogen-bond acceptors (Lipinski definition) is 2. The Hall–Kier alpha value is -1.20. The summed E-state index contributed by atoms with van der Waals surface area (Å²) in [5, 5.41) is 4.37. The van der Waals surface area contributed by atoms with E-state index in [2.05, 4.69) is 5.32 Å². The van der Waals surface area contributed by atoms with Gasteiger partial charge in [-0.3, -0.25) is 9.59 Å². The summed E-state index contributed by atoms with van der Waals surface area (Å²) in [5.41, 5.74) is -0.890. The van der Waals surface area contributed by atoms with Gasteiger partial charge in [0, 0.05) is 13.6 Å². The fraction of sp³-hybridized carbons (Fsp3) is 0.750. The number of hydrogen-bond donors (Lipinski definition) is 2. The molecule has 0 unspecified atom stereocenters. The van der Waals surface area contributed by atoms with Crippen molar-refractivity contribution in [2.24, 2.45) is 5.41 Å². The van der Waals surface area contributed by atoms with E-state index in [1.165, 1.54) is 7.05 Å². The number of carbonyl (C=O) groups is 2. The molecule has 6 heteroatoms. The molecule has 0 saturated heterocycles. The van der Waals surface area contributed by atoms with E-state index in [1.54, 1.807) is 13.8 Å². The van der Waals surface area contributed by atoms with Gasteiger partial charge in [-0.1, -0.05) is 0 Å². The van der Waals surface area contributed by atoms with E-state index in [0.717, 1.165) is 0 Å². The second kappa shape index (κ2) is 4.88. The van der Waals surface area contributed by atoms with Crippen molar-refractivity contribution in [2.45, 2.75) is 20.3 Å². The van der Waals surface area contributed by atoms with Crippen LogP contribution in [0.4, 0.5) is 8.78 Å². The first-order valence-corrected chi connectivity index (χ1v) is 4.09. The highest BCUT2D eigenvalue weighted by atomic mass is 19.3. The summed E-state index contributed by atoms with van der Waals surface area (Å²) in [6.45, 7) is 2.99. The highest BCUT2D eigenvalue weighted by Crippen LogP contribution is 2.13. The lowest BCUT2D eigenvalue weighted by atomic mass is 9.92. The van der Waals surface area contributed by atoms with Gasteiger partial charge in [-0.2, -0.15) is 8.78 Å². The van der Waals surface area contributed by atoms with Crippen LogP contribution in [0.2, 0.25) is 0 Å². The standard InChI is InChI=1S/C8H14F2N2O2/c1-8(2,7(14)11-3)4-12-6(13)5(9)10/h5H,4H2,1-3H3,(H,11,14)(H,12,13). The van der Waals surface area contributed by atoms with Crippen molar-refractivity contribution in [3.05, 3.63) is 0 Å². The first-order chi connectivity index (χ1) is 6.31. The van der Waals surface area contributed by atoms with Gasteiger partial charge >= 0.3 is 6.43 Å². The zero-order valence-electron chi connectivity index (χ0n) is 8.36. The second-order valence-electron chi connectivity index (χ2n) is 3.48. The molecular formula is C8H14F2N2O2. The van der Waals surface area contributed by atoms with Crippen molar-refractivity contribution in [1.82, 2.24) is 10.6 Å². The monoisotopic (exact) mass is 208 g/mol. The lowest BCUT2D eigenvalue weighted by molar-refractivity contribution is -0.133. The predicted molar refractivity (Wildman–Crippen MR) is 46.9 cm³/mol. The minimum absolute atomic E-state index is 0.115. The SMILES string of the molecule is CNC(=O)C(C)(C)CNC(=O)C(F)F. The molecule has 0 fully saturated rings. The van der Waals surface area contributed by atoms with E-state index in [1.807, 2.05) is 5.32 Å². The van der Waals surface area contributed by atoms with Gasteiger partial charge in [-0.05, 0) is 13.8 Å². The van der Waals surface area contributed by atoms with Crippen LogP contribution in [0.1, 0.15) is 13.8 Å². The summed E-state index contributed by atoms with van der Waals surface area (Å²) in [6, 6.07) is 0. The summed E-state index contributed by atoms with van der Waals surface area (Å²) >= 11 is 0. The number of nitrogens with one attached hydrogen (secondary N) is 2. The van der Waals surface area contributed by atoms with E-state index in [0.29, 0.717) is 0 Å². The Morgan fingerprint density at radius 3 is 2.21 bits per heavy atom. The molecule has 0 aliphatic rings. The lowest BCUT2D eigenvalue weighted by Gasteiger charge is -2.22. The van der Waals surface area contributed by atoms with Gasteiger partial charge < -0.3 is 10.6 Å². The number of amides is 2. The summed E-state index contributed by atoms with van der Waals surface area (Å²) in [6.07, 6.45) is -3.05. The molecule has 0 radical (unpaired) electrons. The van der Waals surface area contributed by atoms with Gasteiger partial charge in [0.1, 0.15) is 0 Å². The number of alkyl halides is 2. The molecule has 0 aromatic carbocycles. The van der Waals surface area contributed by atoms with Crippen LogP contribution >= 0.6 is 0 Å². The Kier molecular flexibility index (Phi) is 4.46. The predicted octanol–water partition coefficient (Wildman–Crippen LogP) is 0.140. The normalized spacial score (nSPS) is 11.3. The van der Waals surface area contributed by atoms with Gasteiger partial charge in [0.2, 0.25) is 5.91 Å². The van der Waals surface area contributed by atoms with Gasteiger partial charge in [0.15, 0.2) is 0 Å². The molecule has 0 saturated carbocycles. The van der Waals surface area contributed by atoms with Crippen LogP contribution in [0, 0.1) is 5.41 Å². The molecule has 0 aliphatic heterocycles. The van der Waals surface area contributed by atoms with Gasteiger partial charge in [-0.25, -0.2) is 0 Å². The van der Waals surface area contributed by atoms with Crippen molar-refractivity contribution in [2.75, 3.05) is 13.6 Å². The average molecular weight is 208 g/mol. The molecule has 0 aromatic heterocycles. The van der Waals surface area contributed by atoms with Crippen molar-refractivity contribution in [1.29, 1.82) is 0 Å². The maximum Gasteiger partial charge on any atom is 0.315 e. The fourth-order valence-corrected chi connectivity index (χ4v) is 0.804. The molecule has 0 heterocycles. The summed E-state index contributed by atoms with van der Waals surface area (Å²) in [5.74, 6) is -1.67. The van der Waals surface area contributed by atoms with Crippen LogP contribution in [0.3, 0.4) is 0 Å². The topological polar surface area (TPSA) is 58.2 Å². The van der Waals surface area contributed by atoms with Crippen molar-refractivity contribution >= 4 is 11.8 Å². The largest absolute Gasteiger partial charge is 0.359 e. The third kappa shape index (κ3) is 3.68. The molecule has 0 spiro atoms. The first kappa shape index (κ1) is 12.8. The Balaban J connectivity index is 4.12. The fourth-order valence-electron chi connectivity index (χ4n) is 0.804. The van der Waals surface area contributed by atoms with Crippen LogP contribution in [0.25, 0.3) is 0 Å². The zero-order valence-corrected chi connectivity index (χ0v) is 8.36. The number of halogens is 2. The Morgan fingerprint density at radius 1 is 1.36 bits per heavy atom. The van der Waals surface area contributed by atoms with Gasteiger partial charge in [0.25, 0.3) is 5.91 Å². The highest BCUT2D eigenvalue weighted by molar-refractivity contribution is 5.83. The maximum atomic E-state index is 11.8. The Bertz CT molecular complexity index is 229. The van der Waals surface area contributed by atoms with Crippen molar-refractivity contribution < 1.29 is 18.4 Å². The lowest BCUT2D eigenvalue weighted by Crippen LogP contribution is -2.45. The van der Waals surface area contributed by atoms with Crippen LogP contribution in [0.15, 0.2) is 0 Å². The van der Waals surface area contributed by atoms with Gasteiger partial charge in [0.05, 0.1) is 5.41 Å². The minimum atomic E-state index is -3.05. The van der Waals surface area contributed by atoms with Crippen molar-refractivity contribution in [3.8, 4) is 0 Å². The molecule has 0 aromatic rings. The number of rotatable bonds is 4. The van der Waals surface area contributed by atoms with E-state index < -0.39 is 17.7 Å². The van der Waals surface area contributed by atoms with E-state index in [-0.39, 0.29) is 12.5 Å². The minimum Gasteiger partial charge on any atom is -0.359 e. The Morgan fingerprint density at radius 2 is 1.86 bits per heavy atom.